The molecule has 0 amide bonds. The molecule has 0 radical (unpaired) electrons. The number of aryl methyl sites for hydroxylation is 1. The van der Waals surface area contributed by atoms with Crippen LogP contribution in [0.5, 0.6) is 0 Å². The van der Waals surface area contributed by atoms with Crippen molar-refractivity contribution in [3.8, 4) is 0 Å². The van der Waals surface area contributed by atoms with Gasteiger partial charge in [0.05, 0.1) is 0 Å². The first-order valence-electron chi connectivity index (χ1n) is 6.19. The second-order valence-corrected chi connectivity index (χ2v) is 5.67. The molecule has 1 aromatic rings. The number of hydrogen-bond donors (Lipinski definition) is 1. The highest BCUT2D eigenvalue weighted by Gasteiger charge is 2.37. The summed E-state index contributed by atoms with van der Waals surface area (Å²) < 4.78 is 1.25. The zero-order chi connectivity index (χ0) is 11.5. The van der Waals surface area contributed by atoms with E-state index in [1.807, 2.05) is 0 Å². The Kier molecular flexibility index (Phi) is 4.04. The molecule has 0 aliphatic heterocycles. The van der Waals surface area contributed by atoms with Crippen molar-refractivity contribution in [2.24, 2.45) is 5.92 Å². The number of hydrogen-bond acceptors (Lipinski definition) is 1. The molecule has 0 spiro atoms. The normalized spacial score (nSPS) is 23.4. The Morgan fingerprint density at radius 3 is 2.94 bits per heavy atom. The molecule has 0 heterocycles. The third-order valence-corrected chi connectivity index (χ3v) is 4.23. The molecule has 1 aliphatic carbocycles. The average Bonchev–Trinajstić information content (AvgIpc) is 3.02. The first-order chi connectivity index (χ1) is 7.72. The summed E-state index contributed by atoms with van der Waals surface area (Å²) in [4.78, 5) is 0. The number of benzene rings is 1. The van der Waals surface area contributed by atoms with E-state index in [1.54, 1.807) is 0 Å². The lowest BCUT2D eigenvalue weighted by Crippen LogP contribution is -2.17. The van der Waals surface area contributed by atoms with Crippen molar-refractivity contribution in [3.05, 3.63) is 33.8 Å². The van der Waals surface area contributed by atoms with E-state index in [0.29, 0.717) is 0 Å². The van der Waals surface area contributed by atoms with Gasteiger partial charge >= 0.3 is 0 Å². The summed E-state index contributed by atoms with van der Waals surface area (Å²) in [5, 5.41) is 3.51. The zero-order valence-corrected chi connectivity index (χ0v) is 11.7. The van der Waals surface area contributed by atoms with Crippen molar-refractivity contribution in [2.75, 3.05) is 13.1 Å². The molecule has 0 bridgehead atoms. The molecule has 88 valence electrons. The van der Waals surface area contributed by atoms with Crippen LogP contribution in [0.3, 0.4) is 0 Å². The van der Waals surface area contributed by atoms with Gasteiger partial charge in [-0.15, -0.1) is 0 Å². The van der Waals surface area contributed by atoms with E-state index in [1.165, 1.54) is 35.0 Å². The fourth-order valence-corrected chi connectivity index (χ4v) is 2.58. The molecule has 2 rings (SSSR count). The Morgan fingerprint density at radius 1 is 1.44 bits per heavy atom. The lowest BCUT2D eigenvalue weighted by atomic mass is 10.1. The van der Waals surface area contributed by atoms with Gasteiger partial charge in [0.2, 0.25) is 0 Å². The lowest BCUT2D eigenvalue weighted by Gasteiger charge is -2.04. The summed E-state index contributed by atoms with van der Waals surface area (Å²) in [6, 6.07) is 6.79. The van der Waals surface area contributed by atoms with Crippen molar-refractivity contribution in [2.45, 2.75) is 32.6 Å². The maximum atomic E-state index is 3.61. The molecule has 0 saturated heterocycles. The Hall–Kier alpha value is -0.340. The van der Waals surface area contributed by atoms with Crippen LogP contribution >= 0.6 is 15.9 Å². The van der Waals surface area contributed by atoms with Crippen LogP contribution in [-0.4, -0.2) is 13.1 Å². The Balaban J connectivity index is 1.88. The molecular weight excluding hydrogens is 262 g/mol. The highest BCUT2D eigenvalue weighted by atomic mass is 79.9. The van der Waals surface area contributed by atoms with E-state index in [0.717, 1.165) is 18.4 Å². The predicted octanol–water partition coefficient (Wildman–Crippen LogP) is 3.86. The predicted molar refractivity (Wildman–Crippen MR) is 72.9 cm³/mol. The first-order valence-corrected chi connectivity index (χ1v) is 6.98. The van der Waals surface area contributed by atoms with E-state index in [4.69, 9.17) is 0 Å². The second kappa shape index (κ2) is 5.33. The van der Waals surface area contributed by atoms with Gasteiger partial charge in [-0.2, -0.15) is 0 Å². The molecule has 0 aromatic heterocycles. The molecule has 2 atom stereocenters. The summed E-state index contributed by atoms with van der Waals surface area (Å²) in [6.07, 6.45) is 2.58. The molecule has 2 unspecified atom stereocenters. The zero-order valence-electron chi connectivity index (χ0n) is 10.1. The van der Waals surface area contributed by atoms with Crippen molar-refractivity contribution >= 4 is 15.9 Å². The van der Waals surface area contributed by atoms with Gasteiger partial charge < -0.3 is 5.32 Å². The minimum atomic E-state index is 0.793. The van der Waals surface area contributed by atoms with Crippen molar-refractivity contribution < 1.29 is 0 Å². The number of nitrogens with one attached hydrogen (secondary N) is 1. The molecule has 1 aliphatic rings. The summed E-state index contributed by atoms with van der Waals surface area (Å²) in [5.74, 6) is 1.66. The quantitative estimate of drug-likeness (QED) is 0.809. The maximum absolute atomic E-state index is 3.61. The average molecular weight is 282 g/mol. The van der Waals surface area contributed by atoms with E-state index < -0.39 is 0 Å². The standard InChI is InChI=1S/C14H20BrN/c1-3-6-16-9-12-7-13(12)11-5-4-10(2)14(15)8-11/h4-5,8,12-13,16H,3,6-7,9H2,1-2H3. The lowest BCUT2D eigenvalue weighted by molar-refractivity contribution is 0.620. The van der Waals surface area contributed by atoms with E-state index in [2.05, 4.69) is 53.3 Å². The molecular formula is C14H20BrN. The molecule has 1 fully saturated rings. The maximum Gasteiger partial charge on any atom is 0.0207 e. The summed E-state index contributed by atoms with van der Waals surface area (Å²) in [5.41, 5.74) is 2.82. The van der Waals surface area contributed by atoms with Gasteiger partial charge in [0, 0.05) is 4.47 Å². The van der Waals surface area contributed by atoms with Crippen LogP contribution in [0.25, 0.3) is 0 Å². The van der Waals surface area contributed by atoms with Gasteiger partial charge in [0.1, 0.15) is 0 Å². The third kappa shape index (κ3) is 2.86. The minimum Gasteiger partial charge on any atom is -0.316 e. The Bertz CT molecular complexity index is 362. The first kappa shape index (κ1) is 12.1. The molecule has 1 aromatic carbocycles. The molecule has 1 saturated carbocycles. The summed E-state index contributed by atoms with van der Waals surface area (Å²) in [6.45, 7) is 6.69. The third-order valence-electron chi connectivity index (χ3n) is 3.38. The van der Waals surface area contributed by atoms with E-state index in [9.17, 15) is 0 Å². The summed E-state index contributed by atoms with van der Waals surface area (Å²) in [7, 11) is 0. The van der Waals surface area contributed by atoms with Crippen molar-refractivity contribution in [1.29, 1.82) is 0 Å². The minimum absolute atomic E-state index is 0.793. The van der Waals surface area contributed by atoms with Crippen LogP contribution in [-0.2, 0) is 0 Å². The highest BCUT2D eigenvalue weighted by molar-refractivity contribution is 9.10. The monoisotopic (exact) mass is 281 g/mol. The van der Waals surface area contributed by atoms with Crippen LogP contribution in [0.2, 0.25) is 0 Å². The largest absolute Gasteiger partial charge is 0.316 e. The molecule has 16 heavy (non-hydrogen) atoms. The number of halogens is 1. The fraction of sp³-hybridized carbons (Fsp3) is 0.571. The highest BCUT2D eigenvalue weighted by Crippen LogP contribution is 2.47. The SMILES string of the molecule is CCCNCC1CC1c1ccc(C)c(Br)c1. The molecule has 1 nitrogen and oxygen atoms in total. The second-order valence-electron chi connectivity index (χ2n) is 4.82. The summed E-state index contributed by atoms with van der Waals surface area (Å²) >= 11 is 3.61. The van der Waals surface area contributed by atoms with E-state index >= 15 is 0 Å². The van der Waals surface area contributed by atoms with Gasteiger partial charge in [0.15, 0.2) is 0 Å². The van der Waals surface area contributed by atoms with Crippen LogP contribution in [0.15, 0.2) is 22.7 Å². The van der Waals surface area contributed by atoms with Gasteiger partial charge in [0.25, 0.3) is 0 Å². The van der Waals surface area contributed by atoms with Gasteiger partial charge in [-0.1, -0.05) is 35.0 Å². The van der Waals surface area contributed by atoms with Crippen LogP contribution in [0, 0.1) is 12.8 Å². The van der Waals surface area contributed by atoms with E-state index in [-0.39, 0.29) is 0 Å². The molecule has 2 heteroatoms. The smallest absolute Gasteiger partial charge is 0.0207 e. The Labute approximate surface area is 107 Å². The Morgan fingerprint density at radius 2 is 2.25 bits per heavy atom. The van der Waals surface area contributed by atoms with Crippen molar-refractivity contribution in [1.82, 2.24) is 5.32 Å². The van der Waals surface area contributed by atoms with Gasteiger partial charge in [-0.05, 0) is 61.9 Å². The van der Waals surface area contributed by atoms with Crippen LogP contribution < -0.4 is 5.32 Å². The number of rotatable bonds is 5. The fourth-order valence-electron chi connectivity index (χ4n) is 2.19. The van der Waals surface area contributed by atoms with Crippen molar-refractivity contribution in [3.63, 3.8) is 0 Å². The molecule has 1 N–H and O–H groups in total. The van der Waals surface area contributed by atoms with Gasteiger partial charge in [-0.25, -0.2) is 0 Å². The topological polar surface area (TPSA) is 12.0 Å². The van der Waals surface area contributed by atoms with Crippen LogP contribution in [0.4, 0.5) is 0 Å². The van der Waals surface area contributed by atoms with Crippen LogP contribution in [0.1, 0.15) is 36.8 Å². The van der Waals surface area contributed by atoms with Gasteiger partial charge in [-0.3, -0.25) is 0 Å².